The number of nitro groups is 1. The average molecular weight is 312 g/mol. The highest BCUT2D eigenvalue weighted by molar-refractivity contribution is 6.11. The Balaban J connectivity index is 2.58. The van der Waals surface area contributed by atoms with Crippen LogP contribution in [0.1, 0.15) is 15.9 Å². The topological polar surface area (TPSA) is 82.3 Å². The Hall–Kier alpha value is -2.97. The van der Waals surface area contributed by atoms with Crippen molar-refractivity contribution >= 4 is 11.5 Å². The van der Waals surface area contributed by atoms with E-state index in [0.29, 0.717) is 0 Å². The SMILES string of the molecule is O=C(c1ccncc1)c1cccc([N+](=O)[O-])c1OC(F)(F)F. The molecular formula is C13H7F3N2O4. The van der Waals surface area contributed by atoms with E-state index in [1.165, 1.54) is 24.5 Å². The van der Waals surface area contributed by atoms with Gasteiger partial charge in [0.25, 0.3) is 0 Å². The van der Waals surface area contributed by atoms with E-state index in [0.717, 1.165) is 18.2 Å². The summed E-state index contributed by atoms with van der Waals surface area (Å²) in [5.41, 5.74) is -1.47. The minimum absolute atomic E-state index is 0.0301. The molecule has 0 spiro atoms. The van der Waals surface area contributed by atoms with Crippen LogP contribution >= 0.6 is 0 Å². The molecule has 0 fully saturated rings. The lowest BCUT2D eigenvalue weighted by Gasteiger charge is -2.12. The van der Waals surface area contributed by atoms with Crippen LogP contribution in [0.2, 0.25) is 0 Å². The third-order valence-electron chi connectivity index (χ3n) is 2.60. The van der Waals surface area contributed by atoms with Gasteiger partial charge in [-0.3, -0.25) is 19.9 Å². The predicted molar refractivity (Wildman–Crippen MR) is 67.4 cm³/mol. The number of rotatable bonds is 4. The molecule has 2 aromatic rings. The number of nitro benzene ring substituents is 1. The molecule has 1 heterocycles. The van der Waals surface area contributed by atoms with Gasteiger partial charge in [-0.05, 0) is 18.2 Å². The van der Waals surface area contributed by atoms with E-state index < -0.39 is 34.1 Å². The Morgan fingerprint density at radius 2 is 1.82 bits per heavy atom. The van der Waals surface area contributed by atoms with Gasteiger partial charge in [-0.2, -0.15) is 0 Å². The van der Waals surface area contributed by atoms with Gasteiger partial charge in [0.1, 0.15) is 0 Å². The van der Waals surface area contributed by atoms with Gasteiger partial charge in [-0.15, -0.1) is 13.2 Å². The van der Waals surface area contributed by atoms with Gasteiger partial charge < -0.3 is 4.74 Å². The molecule has 114 valence electrons. The molecule has 0 aliphatic heterocycles. The minimum Gasteiger partial charge on any atom is -0.398 e. The van der Waals surface area contributed by atoms with Crippen molar-refractivity contribution in [2.75, 3.05) is 0 Å². The first-order chi connectivity index (χ1) is 10.3. The molecule has 0 saturated carbocycles. The van der Waals surface area contributed by atoms with E-state index in [-0.39, 0.29) is 5.56 Å². The molecule has 6 nitrogen and oxygen atoms in total. The monoisotopic (exact) mass is 312 g/mol. The number of pyridine rings is 1. The summed E-state index contributed by atoms with van der Waals surface area (Å²) in [5, 5.41) is 10.9. The van der Waals surface area contributed by atoms with Crippen LogP contribution in [0.3, 0.4) is 0 Å². The number of carbonyl (C=O) groups is 1. The van der Waals surface area contributed by atoms with Crippen molar-refractivity contribution in [1.29, 1.82) is 0 Å². The van der Waals surface area contributed by atoms with Gasteiger partial charge in [0, 0.05) is 24.0 Å². The molecular weight excluding hydrogens is 305 g/mol. The Morgan fingerprint density at radius 1 is 1.18 bits per heavy atom. The van der Waals surface area contributed by atoms with Crippen LogP contribution in [-0.4, -0.2) is 22.1 Å². The lowest BCUT2D eigenvalue weighted by atomic mass is 10.0. The van der Waals surface area contributed by atoms with Gasteiger partial charge >= 0.3 is 12.0 Å². The standard InChI is InChI=1S/C13H7F3N2O4/c14-13(15,16)22-12-9(2-1-3-10(12)18(20)21)11(19)8-4-6-17-7-5-8/h1-7H. The van der Waals surface area contributed by atoms with E-state index in [1.54, 1.807) is 0 Å². The first kappa shape index (κ1) is 15.4. The van der Waals surface area contributed by atoms with E-state index >= 15 is 0 Å². The number of carbonyl (C=O) groups excluding carboxylic acids is 1. The van der Waals surface area contributed by atoms with Crippen molar-refractivity contribution in [1.82, 2.24) is 4.98 Å². The number of hydrogen-bond donors (Lipinski definition) is 0. The van der Waals surface area contributed by atoms with E-state index in [1.807, 2.05) is 0 Å². The summed E-state index contributed by atoms with van der Waals surface area (Å²) in [6, 6.07) is 5.51. The smallest absolute Gasteiger partial charge is 0.398 e. The van der Waals surface area contributed by atoms with Crippen molar-refractivity contribution in [3.8, 4) is 5.75 Å². The summed E-state index contributed by atoms with van der Waals surface area (Å²) in [5.74, 6) is -1.98. The molecule has 0 unspecified atom stereocenters. The number of ketones is 1. The molecule has 0 radical (unpaired) electrons. The van der Waals surface area contributed by atoms with Crippen molar-refractivity contribution in [3.05, 3.63) is 64.0 Å². The van der Waals surface area contributed by atoms with Gasteiger partial charge in [0.2, 0.25) is 5.75 Å². The molecule has 0 N–H and O–H groups in total. The number of nitrogens with zero attached hydrogens (tertiary/aromatic N) is 2. The van der Waals surface area contributed by atoms with Gasteiger partial charge in [-0.1, -0.05) is 6.07 Å². The predicted octanol–water partition coefficient (Wildman–Crippen LogP) is 3.12. The Labute approximate surface area is 121 Å². The van der Waals surface area contributed by atoms with Crippen molar-refractivity contribution in [2.45, 2.75) is 6.36 Å². The van der Waals surface area contributed by atoms with Crippen LogP contribution in [0, 0.1) is 10.1 Å². The highest BCUT2D eigenvalue weighted by Crippen LogP contribution is 2.36. The van der Waals surface area contributed by atoms with Crippen LogP contribution in [0.5, 0.6) is 5.75 Å². The maximum atomic E-state index is 12.5. The number of ether oxygens (including phenoxy) is 1. The summed E-state index contributed by atoms with van der Waals surface area (Å²) < 4.78 is 41.1. The molecule has 0 saturated heterocycles. The van der Waals surface area contributed by atoms with Crippen molar-refractivity contribution in [2.24, 2.45) is 0 Å². The van der Waals surface area contributed by atoms with Gasteiger partial charge in [0.15, 0.2) is 5.78 Å². The van der Waals surface area contributed by atoms with Gasteiger partial charge in [-0.25, -0.2) is 0 Å². The fourth-order valence-corrected chi connectivity index (χ4v) is 1.73. The Morgan fingerprint density at radius 3 is 2.36 bits per heavy atom. The maximum Gasteiger partial charge on any atom is 0.573 e. The number of para-hydroxylation sites is 1. The highest BCUT2D eigenvalue weighted by Gasteiger charge is 2.37. The summed E-state index contributed by atoms with van der Waals surface area (Å²) in [6.07, 6.45) is -2.62. The summed E-state index contributed by atoms with van der Waals surface area (Å²) >= 11 is 0. The third-order valence-corrected chi connectivity index (χ3v) is 2.60. The average Bonchev–Trinajstić information content (AvgIpc) is 2.46. The summed E-state index contributed by atoms with van der Waals surface area (Å²) in [4.78, 5) is 25.7. The Bertz CT molecular complexity index is 717. The fourth-order valence-electron chi connectivity index (χ4n) is 1.73. The van der Waals surface area contributed by atoms with E-state index in [9.17, 15) is 28.1 Å². The van der Waals surface area contributed by atoms with Crippen LogP contribution in [0.15, 0.2) is 42.7 Å². The third kappa shape index (κ3) is 3.37. The lowest BCUT2D eigenvalue weighted by molar-refractivity contribution is -0.388. The zero-order chi connectivity index (χ0) is 16.3. The molecule has 1 aromatic carbocycles. The molecule has 9 heteroatoms. The fraction of sp³-hybridized carbons (Fsp3) is 0.0769. The molecule has 0 atom stereocenters. The van der Waals surface area contributed by atoms with Crippen molar-refractivity contribution < 1.29 is 27.6 Å². The molecule has 2 rings (SSSR count). The number of benzene rings is 1. The zero-order valence-corrected chi connectivity index (χ0v) is 10.7. The van der Waals surface area contributed by atoms with Crippen LogP contribution < -0.4 is 4.74 Å². The molecule has 0 bridgehead atoms. The van der Waals surface area contributed by atoms with Crippen molar-refractivity contribution in [3.63, 3.8) is 0 Å². The van der Waals surface area contributed by atoms with Gasteiger partial charge in [0.05, 0.1) is 10.5 Å². The number of aromatic nitrogens is 1. The van der Waals surface area contributed by atoms with E-state index in [4.69, 9.17) is 0 Å². The largest absolute Gasteiger partial charge is 0.573 e. The molecule has 1 aromatic heterocycles. The van der Waals surface area contributed by atoms with Crippen LogP contribution in [0.25, 0.3) is 0 Å². The Kier molecular flexibility index (Phi) is 4.06. The number of alkyl halides is 3. The molecule has 0 amide bonds. The number of hydrogen-bond acceptors (Lipinski definition) is 5. The van der Waals surface area contributed by atoms with Crippen LogP contribution in [0.4, 0.5) is 18.9 Å². The minimum atomic E-state index is -5.17. The lowest BCUT2D eigenvalue weighted by Crippen LogP contribution is -2.20. The van der Waals surface area contributed by atoms with E-state index in [2.05, 4.69) is 9.72 Å². The first-order valence-electron chi connectivity index (χ1n) is 5.77. The normalized spacial score (nSPS) is 11.0. The molecule has 0 aliphatic carbocycles. The second kappa shape index (κ2) is 5.80. The first-order valence-corrected chi connectivity index (χ1v) is 5.77. The zero-order valence-electron chi connectivity index (χ0n) is 10.7. The molecule has 0 aliphatic rings. The highest BCUT2D eigenvalue weighted by atomic mass is 19.4. The summed E-state index contributed by atoms with van der Waals surface area (Å²) in [6.45, 7) is 0. The second-order valence-electron chi connectivity index (χ2n) is 4.02. The molecule has 22 heavy (non-hydrogen) atoms. The number of halogens is 3. The quantitative estimate of drug-likeness (QED) is 0.492. The van der Waals surface area contributed by atoms with Crippen LogP contribution in [-0.2, 0) is 0 Å². The second-order valence-corrected chi connectivity index (χ2v) is 4.02. The maximum absolute atomic E-state index is 12.5. The summed E-state index contributed by atoms with van der Waals surface area (Å²) in [7, 11) is 0.